The fraction of sp³-hybridized carbons (Fsp3) is 0.444. The van der Waals surface area contributed by atoms with E-state index in [1.54, 1.807) is 11.8 Å². The second-order valence-corrected chi connectivity index (χ2v) is 4.31. The van der Waals surface area contributed by atoms with E-state index in [1.165, 1.54) is 10.5 Å². The van der Waals surface area contributed by atoms with Crippen molar-refractivity contribution in [3.05, 3.63) is 23.1 Å². The Morgan fingerprint density at radius 2 is 2.58 bits per heavy atom. The van der Waals surface area contributed by atoms with Crippen LogP contribution in [-0.4, -0.2) is 11.2 Å². The lowest BCUT2D eigenvalue weighted by Crippen LogP contribution is -2.16. The highest BCUT2D eigenvalue weighted by molar-refractivity contribution is 8.04. The molecule has 1 heterocycles. The second kappa shape index (κ2) is 3.81. The predicted octanol–water partition coefficient (Wildman–Crippen LogP) is 1.83. The zero-order valence-corrected chi connectivity index (χ0v) is 7.99. The van der Waals surface area contributed by atoms with Gasteiger partial charge in [-0.1, -0.05) is 18.2 Å². The van der Waals surface area contributed by atoms with Crippen molar-refractivity contribution < 1.29 is 4.79 Å². The molecule has 0 spiro atoms. The van der Waals surface area contributed by atoms with E-state index in [2.05, 4.69) is 13.5 Å². The van der Waals surface area contributed by atoms with Crippen molar-refractivity contribution in [1.29, 1.82) is 0 Å². The number of nitrogens with two attached hydrogens (primary N) is 1. The molecular formula is C9H13NOS. The molecule has 1 unspecified atom stereocenters. The van der Waals surface area contributed by atoms with Gasteiger partial charge in [-0.2, -0.15) is 0 Å². The molecule has 0 aliphatic carbocycles. The molecular weight excluding hydrogens is 170 g/mol. The van der Waals surface area contributed by atoms with Crippen LogP contribution in [0.5, 0.6) is 0 Å². The lowest BCUT2D eigenvalue weighted by atomic mass is 10.1. The van der Waals surface area contributed by atoms with Gasteiger partial charge >= 0.3 is 0 Å². The van der Waals surface area contributed by atoms with Gasteiger partial charge in [-0.05, 0) is 13.3 Å². The van der Waals surface area contributed by atoms with Gasteiger partial charge in [0.05, 0.1) is 0 Å². The summed E-state index contributed by atoms with van der Waals surface area (Å²) in [6.45, 7) is 5.79. The minimum atomic E-state index is -0.217. The Bertz CT molecular complexity index is 245. The molecule has 1 amide bonds. The van der Waals surface area contributed by atoms with E-state index in [0.717, 1.165) is 6.42 Å². The number of amides is 1. The summed E-state index contributed by atoms with van der Waals surface area (Å²) in [4.78, 5) is 11.8. The van der Waals surface area contributed by atoms with Crippen molar-refractivity contribution in [3.63, 3.8) is 0 Å². The molecule has 0 aromatic heterocycles. The van der Waals surface area contributed by atoms with Crippen LogP contribution in [0.2, 0.25) is 0 Å². The molecule has 0 aromatic rings. The van der Waals surface area contributed by atoms with Gasteiger partial charge in [0.25, 0.3) is 0 Å². The Morgan fingerprint density at radius 1 is 1.92 bits per heavy atom. The van der Waals surface area contributed by atoms with E-state index in [9.17, 15) is 4.79 Å². The van der Waals surface area contributed by atoms with Crippen molar-refractivity contribution >= 4 is 17.7 Å². The average Bonchev–Trinajstić information content (AvgIpc) is 2.29. The summed E-state index contributed by atoms with van der Waals surface area (Å²) >= 11 is 1.71. The van der Waals surface area contributed by atoms with Gasteiger partial charge in [0.1, 0.15) is 0 Å². The number of carbonyl (C=O) groups excluding carboxylic acids is 1. The first-order chi connectivity index (χ1) is 5.63. The maximum absolute atomic E-state index is 10.6. The number of allylic oxidation sites excluding steroid dienone is 2. The molecule has 2 N–H and O–H groups in total. The van der Waals surface area contributed by atoms with Crippen LogP contribution in [-0.2, 0) is 4.79 Å². The molecule has 12 heavy (non-hydrogen) atoms. The maximum Gasteiger partial charge on any atom is 0.218 e. The van der Waals surface area contributed by atoms with Gasteiger partial charge in [-0.15, -0.1) is 11.8 Å². The summed E-state index contributed by atoms with van der Waals surface area (Å²) in [7, 11) is 0. The van der Waals surface area contributed by atoms with Crippen LogP contribution in [0.15, 0.2) is 23.1 Å². The van der Waals surface area contributed by atoms with Crippen LogP contribution in [0.1, 0.15) is 19.8 Å². The van der Waals surface area contributed by atoms with Crippen LogP contribution in [0, 0.1) is 0 Å². The van der Waals surface area contributed by atoms with E-state index in [4.69, 9.17) is 5.73 Å². The highest BCUT2D eigenvalue weighted by atomic mass is 32.2. The molecule has 1 aliphatic rings. The zero-order valence-electron chi connectivity index (χ0n) is 7.17. The smallest absolute Gasteiger partial charge is 0.218 e. The van der Waals surface area contributed by atoms with Crippen LogP contribution in [0.3, 0.4) is 0 Å². The summed E-state index contributed by atoms with van der Waals surface area (Å²) in [5, 5.41) is 0.343. The quantitative estimate of drug-likeness (QED) is 0.725. The molecule has 66 valence electrons. The Morgan fingerprint density at radius 3 is 3.00 bits per heavy atom. The molecule has 1 atom stereocenters. The second-order valence-electron chi connectivity index (χ2n) is 2.96. The fourth-order valence-electron chi connectivity index (χ4n) is 1.32. The normalized spacial score (nSPS) is 22.9. The number of hydrogen-bond acceptors (Lipinski definition) is 2. The molecule has 0 aromatic carbocycles. The fourth-order valence-corrected chi connectivity index (χ4v) is 2.65. The topological polar surface area (TPSA) is 43.1 Å². The molecule has 2 nitrogen and oxygen atoms in total. The van der Waals surface area contributed by atoms with Crippen LogP contribution < -0.4 is 5.73 Å². The van der Waals surface area contributed by atoms with Crippen molar-refractivity contribution in [3.8, 4) is 0 Å². The van der Waals surface area contributed by atoms with Crippen LogP contribution in [0.25, 0.3) is 0 Å². The maximum atomic E-state index is 10.6. The molecule has 0 fully saturated rings. The van der Waals surface area contributed by atoms with Crippen LogP contribution >= 0.6 is 11.8 Å². The van der Waals surface area contributed by atoms with Gasteiger partial charge < -0.3 is 5.73 Å². The van der Waals surface area contributed by atoms with Gasteiger partial charge in [-0.25, -0.2) is 0 Å². The predicted molar refractivity (Wildman–Crippen MR) is 52.7 cm³/mol. The molecule has 3 heteroatoms. The van der Waals surface area contributed by atoms with Gasteiger partial charge in [0.2, 0.25) is 5.91 Å². The molecule has 0 saturated carbocycles. The minimum Gasteiger partial charge on any atom is -0.370 e. The monoisotopic (exact) mass is 183 g/mol. The number of hydrogen-bond donors (Lipinski definition) is 1. The SMILES string of the molecule is C=CC1=C(C)CC(CC(N)=O)S1. The number of rotatable bonds is 3. The largest absolute Gasteiger partial charge is 0.370 e. The van der Waals surface area contributed by atoms with Gasteiger partial charge in [-0.3, -0.25) is 4.79 Å². The minimum absolute atomic E-state index is 0.217. The zero-order chi connectivity index (χ0) is 9.14. The molecule has 0 radical (unpaired) electrons. The van der Waals surface area contributed by atoms with E-state index in [0.29, 0.717) is 11.7 Å². The average molecular weight is 183 g/mol. The number of primary amides is 1. The van der Waals surface area contributed by atoms with Gasteiger partial charge in [0.15, 0.2) is 0 Å². The summed E-state index contributed by atoms with van der Waals surface area (Å²) in [6.07, 6.45) is 3.29. The first kappa shape index (κ1) is 9.39. The molecule has 0 saturated heterocycles. The Balaban J connectivity index is 2.51. The summed E-state index contributed by atoms with van der Waals surface area (Å²) in [6, 6.07) is 0. The summed E-state index contributed by atoms with van der Waals surface area (Å²) in [5.41, 5.74) is 6.43. The Hall–Kier alpha value is -0.700. The molecule has 1 rings (SSSR count). The van der Waals surface area contributed by atoms with E-state index in [-0.39, 0.29) is 5.91 Å². The Kier molecular flexibility index (Phi) is 2.98. The third-order valence-corrected chi connectivity index (χ3v) is 3.30. The number of carbonyl (C=O) groups is 1. The molecule has 0 bridgehead atoms. The highest BCUT2D eigenvalue weighted by Crippen LogP contribution is 2.39. The van der Waals surface area contributed by atoms with E-state index < -0.39 is 0 Å². The van der Waals surface area contributed by atoms with Crippen molar-refractivity contribution in [2.45, 2.75) is 25.0 Å². The summed E-state index contributed by atoms with van der Waals surface area (Å²) in [5.74, 6) is -0.217. The van der Waals surface area contributed by atoms with Crippen molar-refractivity contribution in [1.82, 2.24) is 0 Å². The standard InChI is InChI=1S/C9H13NOS/c1-3-8-6(2)4-7(12-8)5-9(10)11/h3,7H,1,4-5H2,2H3,(H2,10,11). The third-order valence-electron chi connectivity index (χ3n) is 1.86. The van der Waals surface area contributed by atoms with Gasteiger partial charge in [0, 0.05) is 16.6 Å². The van der Waals surface area contributed by atoms with Crippen molar-refractivity contribution in [2.24, 2.45) is 5.73 Å². The lowest BCUT2D eigenvalue weighted by molar-refractivity contribution is -0.117. The first-order valence-corrected chi connectivity index (χ1v) is 4.78. The number of thioether (sulfide) groups is 1. The van der Waals surface area contributed by atoms with Crippen LogP contribution in [0.4, 0.5) is 0 Å². The van der Waals surface area contributed by atoms with E-state index >= 15 is 0 Å². The van der Waals surface area contributed by atoms with Crippen molar-refractivity contribution in [2.75, 3.05) is 0 Å². The van der Waals surface area contributed by atoms with E-state index in [1.807, 2.05) is 6.08 Å². The molecule has 1 aliphatic heterocycles. The summed E-state index contributed by atoms with van der Waals surface area (Å²) < 4.78 is 0. The highest BCUT2D eigenvalue weighted by Gasteiger charge is 2.21. The Labute approximate surface area is 76.9 Å². The third kappa shape index (κ3) is 2.14. The first-order valence-electron chi connectivity index (χ1n) is 3.90. The lowest BCUT2D eigenvalue weighted by Gasteiger charge is -2.04.